The first-order valence-electron chi connectivity index (χ1n) is 3.29. The molecule has 0 aromatic heterocycles. The molecule has 0 saturated heterocycles. The van der Waals surface area contributed by atoms with Crippen LogP contribution in [0.1, 0.15) is 19.8 Å². The topological polar surface area (TPSA) is 17.1 Å². The van der Waals surface area contributed by atoms with Crippen molar-refractivity contribution < 1.29 is 4.79 Å². The fraction of sp³-hybridized carbons (Fsp3) is 0.375. The zero-order valence-electron chi connectivity index (χ0n) is 5.96. The number of carbonyl (C=O) groups is 1. The number of thioether (sulfide) groups is 1. The van der Waals surface area contributed by atoms with Crippen molar-refractivity contribution in [3.05, 3.63) is 22.5 Å². The van der Waals surface area contributed by atoms with Gasteiger partial charge in [-0.2, -0.15) is 0 Å². The molecule has 1 rings (SSSR count). The third-order valence-electron chi connectivity index (χ3n) is 1.22. The smallest absolute Gasteiger partial charge is 0.134 e. The first kappa shape index (κ1) is 7.61. The van der Waals surface area contributed by atoms with E-state index in [1.165, 1.54) is 4.91 Å². The van der Waals surface area contributed by atoms with Gasteiger partial charge in [0.15, 0.2) is 0 Å². The number of hydrogen-bond acceptors (Lipinski definition) is 2. The quantitative estimate of drug-likeness (QED) is 0.608. The van der Waals surface area contributed by atoms with Gasteiger partial charge in [-0.1, -0.05) is 12.2 Å². The van der Waals surface area contributed by atoms with Crippen LogP contribution in [0.25, 0.3) is 0 Å². The summed E-state index contributed by atoms with van der Waals surface area (Å²) in [5, 5.41) is 2.04. The molecule has 0 atom stereocenters. The maximum Gasteiger partial charge on any atom is 0.134 e. The summed E-state index contributed by atoms with van der Waals surface area (Å²) in [6.45, 7) is 1.62. The van der Waals surface area contributed by atoms with Crippen molar-refractivity contribution in [3.8, 4) is 0 Å². The molecule has 10 heavy (non-hydrogen) atoms. The second-order valence-electron chi connectivity index (χ2n) is 2.27. The third-order valence-corrected chi connectivity index (χ3v) is 2.16. The summed E-state index contributed by atoms with van der Waals surface area (Å²) in [4.78, 5) is 11.8. The second kappa shape index (κ2) is 3.62. The van der Waals surface area contributed by atoms with Gasteiger partial charge in [-0.25, -0.2) is 0 Å². The predicted molar refractivity (Wildman–Crippen MR) is 44.7 cm³/mol. The van der Waals surface area contributed by atoms with Crippen molar-refractivity contribution in [2.24, 2.45) is 0 Å². The lowest BCUT2D eigenvalue weighted by Gasteiger charge is -2.03. The highest BCUT2D eigenvalue weighted by Crippen LogP contribution is 2.25. The maximum absolute atomic E-state index is 10.6. The van der Waals surface area contributed by atoms with Crippen LogP contribution < -0.4 is 0 Å². The lowest BCUT2D eigenvalue weighted by Crippen LogP contribution is -1.91. The minimum absolute atomic E-state index is 0.244. The molecule has 1 nitrogen and oxygen atoms in total. The number of rotatable bonds is 2. The van der Waals surface area contributed by atoms with Crippen LogP contribution in [0.15, 0.2) is 22.5 Å². The van der Waals surface area contributed by atoms with Crippen LogP contribution >= 0.6 is 11.8 Å². The first-order valence-corrected chi connectivity index (χ1v) is 4.17. The Morgan fingerprint density at radius 1 is 1.80 bits per heavy atom. The first-order chi connectivity index (χ1) is 4.79. The molecule has 1 aliphatic rings. The van der Waals surface area contributed by atoms with E-state index in [9.17, 15) is 4.79 Å². The van der Waals surface area contributed by atoms with Crippen LogP contribution in [0.5, 0.6) is 0 Å². The summed E-state index contributed by atoms with van der Waals surface area (Å²) < 4.78 is 0. The van der Waals surface area contributed by atoms with Gasteiger partial charge in [0.05, 0.1) is 0 Å². The summed E-state index contributed by atoms with van der Waals surface area (Å²) in [6.07, 6.45) is 5.78. The van der Waals surface area contributed by atoms with E-state index in [1.54, 1.807) is 18.7 Å². The van der Waals surface area contributed by atoms with E-state index in [-0.39, 0.29) is 5.78 Å². The molecule has 1 heterocycles. The van der Waals surface area contributed by atoms with Gasteiger partial charge in [-0.3, -0.25) is 4.79 Å². The van der Waals surface area contributed by atoms with Gasteiger partial charge in [0.2, 0.25) is 0 Å². The van der Waals surface area contributed by atoms with E-state index in [0.717, 1.165) is 6.42 Å². The van der Waals surface area contributed by atoms with E-state index in [2.05, 4.69) is 12.2 Å². The third kappa shape index (κ3) is 2.40. The highest BCUT2D eigenvalue weighted by atomic mass is 32.2. The van der Waals surface area contributed by atoms with Crippen molar-refractivity contribution in [2.75, 3.05) is 0 Å². The van der Waals surface area contributed by atoms with Crippen molar-refractivity contribution in [1.29, 1.82) is 0 Å². The fourth-order valence-electron chi connectivity index (χ4n) is 0.798. The lowest BCUT2D eigenvalue weighted by molar-refractivity contribution is -0.116. The molecule has 54 valence electrons. The Morgan fingerprint density at radius 3 is 3.10 bits per heavy atom. The van der Waals surface area contributed by atoms with Gasteiger partial charge in [0, 0.05) is 6.42 Å². The Kier molecular flexibility index (Phi) is 2.75. The van der Waals surface area contributed by atoms with Crippen molar-refractivity contribution in [2.45, 2.75) is 19.8 Å². The molecular formula is C8H10OS. The van der Waals surface area contributed by atoms with Gasteiger partial charge >= 0.3 is 0 Å². The maximum atomic E-state index is 10.6. The van der Waals surface area contributed by atoms with E-state index < -0.39 is 0 Å². The van der Waals surface area contributed by atoms with E-state index in [0.29, 0.717) is 6.42 Å². The van der Waals surface area contributed by atoms with E-state index in [4.69, 9.17) is 0 Å². The SMILES string of the molecule is CC(=O)CC1=CCC=CS1. The Balaban J connectivity index is 2.41. The molecule has 0 aromatic rings. The molecule has 0 saturated carbocycles. The van der Waals surface area contributed by atoms with Gasteiger partial charge in [0.1, 0.15) is 5.78 Å². The monoisotopic (exact) mass is 154 g/mol. The summed E-state index contributed by atoms with van der Waals surface area (Å²) in [5.74, 6) is 0.244. The standard InChI is InChI=1S/C8H10OS/c1-7(9)6-8-4-2-3-5-10-8/h3-5H,2,6H2,1H3. The van der Waals surface area contributed by atoms with Crippen molar-refractivity contribution >= 4 is 17.5 Å². The molecule has 0 unspecified atom stereocenters. The van der Waals surface area contributed by atoms with Crippen molar-refractivity contribution in [3.63, 3.8) is 0 Å². The number of ketones is 1. The van der Waals surface area contributed by atoms with E-state index >= 15 is 0 Å². The van der Waals surface area contributed by atoms with Crippen LogP contribution in [0.3, 0.4) is 0 Å². The predicted octanol–water partition coefficient (Wildman–Crippen LogP) is 2.50. The summed E-state index contributed by atoms with van der Waals surface area (Å²) >= 11 is 1.65. The van der Waals surface area contributed by atoms with E-state index in [1.807, 2.05) is 5.41 Å². The van der Waals surface area contributed by atoms with Crippen LogP contribution in [0, 0.1) is 0 Å². The van der Waals surface area contributed by atoms with Gasteiger partial charge < -0.3 is 0 Å². The minimum atomic E-state index is 0.244. The van der Waals surface area contributed by atoms with Crippen LogP contribution in [-0.2, 0) is 4.79 Å². The summed E-state index contributed by atoms with van der Waals surface area (Å²) in [7, 11) is 0. The molecule has 0 bridgehead atoms. The molecular weight excluding hydrogens is 144 g/mol. The number of allylic oxidation sites excluding steroid dienone is 3. The normalized spacial score (nSPS) is 16.7. The number of carbonyl (C=O) groups excluding carboxylic acids is 1. The van der Waals surface area contributed by atoms with Gasteiger partial charge in [-0.05, 0) is 23.7 Å². The average Bonchev–Trinajstić information content (AvgIpc) is 1.88. The molecule has 0 N–H and O–H groups in total. The molecule has 0 aliphatic carbocycles. The molecule has 0 aromatic carbocycles. The average molecular weight is 154 g/mol. The highest BCUT2D eigenvalue weighted by molar-refractivity contribution is 8.05. The molecule has 0 spiro atoms. The van der Waals surface area contributed by atoms with Crippen molar-refractivity contribution in [1.82, 2.24) is 0 Å². The largest absolute Gasteiger partial charge is 0.300 e. The highest BCUT2D eigenvalue weighted by Gasteiger charge is 2.01. The Morgan fingerprint density at radius 2 is 2.60 bits per heavy atom. The van der Waals surface area contributed by atoms with Crippen LogP contribution in [-0.4, -0.2) is 5.78 Å². The summed E-state index contributed by atoms with van der Waals surface area (Å²) in [6, 6.07) is 0. The van der Waals surface area contributed by atoms with Crippen LogP contribution in [0.2, 0.25) is 0 Å². The zero-order chi connectivity index (χ0) is 7.40. The van der Waals surface area contributed by atoms with Gasteiger partial charge in [-0.15, -0.1) is 11.8 Å². The number of Topliss-reactive ketones (excluding diaryl/α,β-unsaturated/α-hetero) is 1. The van der Waals surface area contributed by atoms with Crippen LogP contribution in [0.4, 0.5) is 0 Å². The Bertz CT molecular complexity index is 191. The summed E-state index contributed by atoms with van der Waals surface area (Å²) in [5.41, 5.74) is 0. The molecule has 0 radical (unpaired) electrons. The number of hydrogen-bond donors (Lipinski definition) is 0. The Hall–Kier alpha value is -0.500. The zero-order valence-corrected chi connectivity index (χ0v) is 6.78. The Labute approximate surface area is 65.2 Å². The molecule has 1 aliphatic heterocycles. The lowest BCUT2D eigenvalue weighted by atomic mass is 10.2. The second-order valence-corrected chi connectivity index (χ2v) is 3.31. The van der Waals surface area contributed by atoms with Gasteiger partial charge in [0.25, 0.3) is 0 Å². The minimum Gasteiger partial charge on any atom is -0.300 e. The molecule has 0 amide bonds. The molecule has 2 heteroatoms. The molecule has 0 fully saturated rings. The fourth-order valence-corrected chi connectivity index (χ4v) is 1.66.